The highest BCUT2D eigenvalue weighted by atomic mass is 15.1. The van der Waals surface area contributed by atoms with Crippen LogP contribution >= 0.6 is 0 Å². The van der Waals surface area contributed by atoms with E-state index in [1.807, 2.05) is 27.7 Å². The zero-order valence-corrected chi connectivity index (χ0v) is 7.92. The Labute approximate surface area is 72.3 Å². The van der Waals surface area contributed by atoms with Gasteiger partial charge in [0.15, 0.2) is 5.82 Å². The maximum absolute atomic E-state index is 5.84. The first-order valence-electron chi connectivity index (χ1n) is 3.88. The Bertz CT molecular complexity index is 267. The molecule has 0 radical (unpaired) electrons. The largest absolute Gasteiger partial charge is 0.319 e. The summed E-state index contributed by atoms with van der Waals surface area (Å²) in [6.45, 7) is 7.43. The fourth-order valence-corrected chi connectivity index (χ4v) is 0.904. The van der Waals surface area contributed by atoms with Gasteiger partial charge >= 0.3 is 0 Å². The van der Waals surface area contributed by atoms with Crippen LogP contribution in [0.25, 0.3) is 0 Å². The fraction of sp³-hybridized carbons (Fsp3) is 0.625. The molecule has 0 aliphatic carbocycles. The van der Waals surface area contributed by atoms with Crippen molar-refractivity contribution in [3.05, 3.63) is 17.5 Å². The van der Waals surface area contributed by atoms with E-state index in [0.717, 1.165) is 11.6 Å². The highest BCUT2D eigenvalue weighted by Crippen LogP contribution is 2.10. The van der Waals surface area contributed by atoms with E-state index in [1.165, 1.54) is 0 Å². The van der Waals surface area contributed by atoms with Crippen LogP contribution in [0, 0.1) is 13.8 Å². The number of nitrogens with zero attached hydrogens (tertiary/aromatic N) is 3. The van der Waals surface area contributed by atoms with Crippen LogP contribution in [0.5, 0.6) is 0 Å². The van der Waals surface area contributed by atoms with Gasteiger partial charge in [0.2, 0.25) is 0 Å². The van der Waals surface area contributed by atoms with Gasteiger partial charge in [-0.25, -0.2) is 15.0 Å². The van der Waals surface area contributed by atoms with Gasteiger partial charge in [0, 0.05) is 0 Å². The third-order valence-corrected chi connectivity index (χ3v) is 1.44. The molecule has 0 atom stereocenters. The number of aromatic nitrogens is 3. The highest BCUT2D eigenvalue weighted by molar-refractivity contribution is 5.03. The van der Waals surface area contributed by atoms with Gasteiger partial charge in [0.1, 0.15) is 11.6 Å². The van der Waals surface area contributed by atoms with Crippen molar-refractivity contribution in [3.8, 4) is 0 Å². The lowest BCUT2D eigenvalue weighted by molar-refractivity contribution is 0.505. The molecule has 0 spiro atoms. The lowest BCUT2D eigenvalue weighted by Gasteiger charge is -2.16. The van der Waals surface area contributed by atoms with Gasteiger partial charge in [-0.15, -0.1) is 0 Å². The molecule has 0 saturated carbocycles. The Kier molecular flexibility index (Phi) is 2.10. The number of nitrogens with two attached hydrogens (primary N) is 1. The Hall–Kier alpha value is -1.03. The van der Waals surface area contributed by atoms with Crippen molar-refractivity contribution in [2.24, 2.45) is 5.73 Å². The molecule has 4 heteroatoms. The van der Waals surface area contributed by atoms with Gasteiger partial charge in [0.05, 0.1) is 5.54 Å². The van der Waals surface area contributed by atoms with Crippen LogP contribution in [0.3, 0.4) is 0 Å². The van der Waals surface area contributed by atoms with E-state index in [0.29, 0.717) is 5.82 Å². The van der Waals surface area contributed by atoms with E-state index in [9.17, 15) is 0 Å². The third-order valence-electron chi connectivity index (χ3n) is 1.44. The topological polar surface area (TPSA) is 64.7 Å². The van der Waals surface area contributed by atoms with Crippen molar-refractivity contribution >= 4 is 0 Å². The van der Waals surface area contributed by atoms with Crippen molar-refractivity contribution in [2.45, 2.75) is 33.2 Å². The Balaban J connectivity index is 3.18. The second kappa shape index (κ2) is 2.79. The molecule has 0 saturated heterocycles. The van der Waals surface area contributed by atoms with Crippen LogP contribution in [0.2, 0.25) is 0 Å². The van der Waals surface area contributed by atoms with E-state index in [1.54, 1.807) is 0 Å². The van der Waals surface area contributed by atoms with E-state index in [-0.39, 0.29) is 0 Å². The zero-order chi connectivity index (χ0) is 9.35. The average molecular weight is 166 g/mol. The summed E-state index contributed by atoms with van der Waals surface area (Å²) in [7, 11) is 0. The predicted octanol–water partition coefficient (Wildman–Crippen LogP) is 0.682. The lowest BCUT2D eigenvalue weighted by atomic mass is 10.1. The average Bonchev–Trinajstić information content (AvgIpc) is 1.82. The molecular weight excluding hydrogens is 152 g/mol. The first-order chi connectivity index (χ1) is 5.39. The Morgan fingerprint density at radius 1 is 1.00 bits per heavy atom. The number of hydrogen-bond acceptors (Lipinski definition) is 4. The molecule has 0 amide bonds. The van der Waals surface area contributed by atoms with Crippen LogP contribution < -0.4 is 5.73 Å². The summed E-state index contributed by atoms with van der Waals surface area (Å²) >= 11 is 0. The number of rotatable bonds is 1. The molecule has 0 aromatic carbocycles. The number of hydrogen-bond donors (Lipinski definition) is 1. The lowest BCUT2D eigenvalue weighted by Crippen LogP contribution is -2.32. The summed E-state index contributed by atoms with van der Waals surface area (Å²) < 4.78 is 0. The molecule has 0 bridgehead atoms. The van der Waals surface area contributed by atoms with Gasteiger partial charge in [-0.3, -0.25) is 0 Å². The smallest absolute Gasteiger partial charge is 0.151 e. The van der Waals surface area contributed by atoms with Crippen LogP contribution in [0.15, 0.2) is 0 Å². The second-order valence-corrected chi connectivity index (χ2v) is 3.48. The minimum Gasteiger partial charge on any atom is -0.319 e. The molecule has 1 rings (SSSR count). The molecule has 12 heavy (non-hydrogen) atoms. The maximum atomic E-state index is 5.84. The monoisotopic (exact) mass is 166 g/mol. The van der Waals surface area contributed by atoms with E-state index < -0.39 is 5.54 Å². The zero-order valence-electron chi connectivity index (χ0n) is 7.92. The normalized spacial score (nSPS) is 11.8. The third kappa shape index (κ3) is 1.98. The quantitative estimate of drug-likeness (QED) is 0.666. The molecule has 1 aromatic heterocycles. The van der Waals surface area contributed by atoms with Crippen molar-refractivity contribution < 1.29 is 0 Å². The molecule has 0 aliphatic heterocycles. The summed E-state index contributed by atoms with van der Waals surface area (Å²) in [6, 6.07) is 0. The highest BCUT2D eigenvalue weighted by Gasteiger charge is 2.18. The van der Waals surface area contributed by atoms with Crippen LogP contribution in [0.1, 0.15) is 31.3 Å². The SMILES string of the molecule is Cc1nc(C)nc(C(C)(C)N)n1. The van der Waals surface area contributed by atoms with Gasteiger partial charge in [-0.05, 0) is 27.7 Å². The summed E-state index contributed by atoms with van der Waals surface area (Å²) in [5, 5.41) is 0. The Morgan fingerprint density at radius 2 is 1.42 bits per heavy atom. The summed E-state index contributed by atoms with van der Waals surface area (Å²) in [5.41, 5.74) is 5.35. The van der Waals surface area contributed by atoms with Gasteiger partial charge in [0.25, 0.3) is 0 Å². The van der Waals surface area contributed by atoms with Crippen molar-refractivity contribution in [3.63, 3.8) is 0 Å². The van der Waals surface area contributed by atoms with E-state index in [4.69, 9.17) is 5.73 Å². The van der Waals surface area contributed by atoms with Crippen molar-refractivity contribution in [1.29, 1.82) is 0 Å². The molecule has 4 nitrogen and oxygen atoms in total. The standard InChI is InChI=1S/C8H14N4/c1-5-10-6(2)12-7(11-5)8(3,4)9/h9H2,1-4H3. The minimum absolute atomic E-state index is 0.488. The first kappa shape index (κ1) is 9.06. The van der Waals surface area contributed by atoms with Crippen molar-refractivity contribution in [1.82, 2.24) is 15.0 Å². The Morgan fingerprint density at radius 3 is 1.75 bits per heavy atom. The molecular formula is C8H14N4. The second-order valence-electron chi connectivity index (χ2n) is 3.48. The molecule has 1 aromatic rings. The maximum Gasteiger partial charge on any atom is 0.151 e. The molecule has 0 unspecified atom stereocenters. The van der Waals surface area contributed by atoms with Gasteiger partial charge < -0.3 is 5.73 Å². The summed E-state index contributed by atoms with van der Waals surface area (Å²) in [5.74, 6) is 2.08. The molecule has 66 valence electrons. The molecule has 1 heterocycles. The predicted molar refractivity (Wildman–Crippen MR) is 46.5 cm³/mol. The van der Waals surface area contributed by atoms with Crippen LogP contribution in [0.4, 0.5) is 0 Å². The number of aryl methyl sites for hydroxylation is 2. The van der Waals surface area contributed by atoms with Gasteiger partial charge in [-0.2, -0.15) is 0 Å². The van der Waals surface area contributed by atoms with E-state index in [2.05, 4.69) is 15.0 Å². The fourth-order valence-electron chi connectivity index (χ4n) is 0.904. The molecule has 0 aliphatic rings. The molecule has 2 N–H and O–H groups in total. The summed E-state index contributed by atoms with van der Waals surface area (Å²) in [4.78, 5) is 12.4. The van der Waals surface area contributed by atoms with E-state index >= 15 is 0 Å². The first-order valence-corrected chi connectivity index (χ1v) is 3.88. The minimum atomic E-state index is -0.488. The molecule has 0 fully saturated rings. The van der Waals surface area contributed by atoms with Crippen LogP contribution in [-0.4, -0.2) is 15.0 Å². The van der Waals surface area contributed by atoms with Crippen LogP contribution in [-0.2, 0) is 5.54 Å². The summed E-state index contributed by atoms with van der Waals surface area (Å²) in [6.07, 6.45) is 0. The van der Waals surface area contributed by atoms with Crippen molar-refractivity contribution in [2.75, 3.05) is 0 Å². The van der Waals surface area contributed by atoms with Gasteiger partial charge in [-0.1, -0.05) is 0 Å².